The molecule has 35 heavy (non-hydrogen) atoms. The van der Waals surface area contributed by atoms with Gasteiger partial charge in [-0.15, -0.1) is 0 Å². The van der Waals surface area contributed by atoms with E-state index in [0.717, 1.165) is 4.57 Å². The third-order valence-corrected chi connectivity index (χ3v) is 17.7. The molecule has 3 N–H and O–H groups in total. The fourth-order valence-corrected chi connectivity index (χ4v) is 16.9. The van der Waals surface area contributed by atoms with Crippen LogP contribution >= 0.6 is 0 Å². The summed E-state index contributed by atoms with van der Waals surface area (Å²) in [5.74, 6) is 0. The Bertz CT molecular complexity index is 978. The van der Waals surface area contributed by atoms with Gasteiger partial charge in [0.2, 0.25) is 0 Å². The van der Waals surface area contributed by atoms with Crippen molar-refractivity contribution in [1.29, 1.82) is 0 Å². The molecule has 0 unspecified atom stereocenters. The summed E-state index contributed by atoms with van der Waals surface area (Å²) < 4.78 is 28.3. The fraction of sp³-hybridized carbons (Fsp3) is 0.826. The molecule has 0 aliphatic carbocycles. The minimum absolute atomic E-state index is 0.0301. The largest absolute Gasteiger partial charge is 0.414 e. The Morgan fingerprint density at radius 2 is 1.63 bits per heavy atom. The third-order valence-electron chi connectivity index (χ3n) is 7.50. The zero-order valence-electron chi connectivity index (χ0n) is 22.1. The van der Waals surface area contributed by atoms with Crippen LogP contribution in [-0.4, -0.2) is 67.9 Å². The number of H-pyrrole nitrogens is 1. The third kappa shape index (κ3) is 4.79. The van der Waals surface area contributed by atoms with Crippen molar-refractivity contribution in [1.82, 2.24) is 9.55 Å². The molecule has 10 nitrogen and oxygen atoms in total. The summed E-state index contributed by atoms with van der Waals surface area (Å²) in [7, 11) is -5.88. The van der Waals surface area contributed by atoms with Gasteiger partial charge in [0.1, 0.15) is 17.8 Å². The molecule has 0 amide bonds. The first-order valence-electron chi connectivity index (χ1n) is 12.6. The van der Waals surface area contributed by atoms with E-state index in [1.807, 2.05) is 0 Å². The van der Waals surface area contributed by atoms with E-state index in [0.29, 0.717) is 0 Å². The highest BCUT2D eigenvalue weighted by atomic mass is 28.5. The molecule has 0 spiro atoms. The summed E-state index contributed by atoms with van der Waals surface area (Å²) >= 11 is 0. The summed E-state index contributed by atoms with van der Waals surface area (Å²) in [4.78, 5) is 26.5. The lowest BCUT2D eigenvalue weighted by Gasteiger charge is -2.52. The Balaban J connectivity index is 2.20. The van der Waals surface area contributed by atoms with Gasteiger partial charge in [0.05, 0.1) is 6.61 Å². The average molecular weight is 531 g/mol. The highest BCUT2D eigenvalue weighted by molar-refractivity contribution is 6.84. The normalized spacial score (nSPS) is 30.6. The van der Waals surface area contributed by atoms with Crippen LogP contribution in [-0.2, 0) is 17.7 Å². The first kappa shape index (κ1) is 28.4. The van der Waals surface area contributed by atoms with Crippen LogP contribution in [0.3, 0.4) is 0 Å². The summed E-state index contributed by atoms with van der Waals surface area (Å²) in [6.45, 7) is 16.5. The Kier molecular flexibility index (Phi) is 8.39. The molecule has 0 saturated carbocycles. The van der Waals surface area contributed by atoms with Crippen molar-refractivity contribution < 1.29 is 27.9 Å². The Morgan fingerprint density at radius 1 is 1.06 bits per heavy atom. The topological polar surface area (TPSA) is 132 Å². The van der Waals surface area contributed by atoms with Crippen molar-refractivity contribution in [3.63, 3.8) is 0 Å². The number of hydrogen-bond donors (Lipinski definition) is 3. The van der Waals surface area contributed by atoms with Gasteiger partial charge in [0.25, 0.3) is 5.56 Å². The van der Waals surface area contributed by atoms with Gasteiger partial charge in [0, 0.05) is 25.3 Å². The first-order valence-corrected chi connectivity index (χ1v) is 16.5. The van der Waals surface area contributed by atoms with E-state index in [1.165, 1.54) is 12.3 Å². The van der Waals surface area contributed by atoms with Crippen LogP contribution in [0, 0.1) is 0 Å². The number of hydrogen-bond acceptors (Lipinski definition) is 8. The van der Waals surface area contributed by atoms with Crippen LogP contribution in [0.15, 0.2) is 21.9 Å². The fourth-order valence-electron chi connectivity index (χ4n) is 5.61. The van der Waals surface area contributed by atoms with E-state index in [1.54, 1.807) is 0 Å². The summed E-state index contributed by atoms with van der Waals surface area (Å²) in [6.07, 6.45) is -1.59. The standard InChI is InChI=1S/C23H42N2O8Si2/c1-14(2)34(15(3)4)30-13-18-20(32-35(33-34,16(5)6)17(7)8)23(29,10-12-26)21(31-18)25-11-9-19(27)24-22(25)28/h9,11,14-18,20-21,26,29H,10,12-13H2,1-8H3,(H,24,27,28)/t18-,20-,21-,23+/m1/s1. The van der Waals surface area contributed by atoms with E-state index in [2.05, 4.69) is 60.4 Å². The molecule has 4 atom stereocenters. The van der Waals surface area contributed by atoms with Gasteiger partial charge >= 0.3 is 22.8 Å². The Morgan fingerprint density at radius 3 is 2.11 bits per heavy atom. The first-order chi connectivity index (χ1) is 16.2. The molecule has 2 saturated heterocycles. The second-order valence-electron chi connectivity index (χ2n) is 11.0. The highest BCUT2D eigenvalue weighted by Crippen LogP contribution is 2.51. The molecule has 0 radical (unpaired) electrons. The lowest BCUT2D eigenvalue weighted by Crippen LogP contribution is -2.67. The zero-order chi connectivity index (χ0) is 26.3. The number of aliphatic hydroxyl groups excluding tert-OH is 1. The van der Waals surface area contributed by atoms with E-state index in [4.69, 9.17) is 17.7 Å². The SMILES string of the molecule is CC(C)[Si]1(C(C)C)OC[C@H]2O[C@@H](n3ccc(=O)[nH]c3=O)[C@](O)(CCO)[C@@H]2O[Si](C(C)C)(C(C)C)O1. The van der Waals surface area contributed by atoms with Crippen molar-refractivity contribution >= 4 is 17.1 Å². The molecule has 2 aliphatic rings. The van der Waals surface area contributed by atoms with Crippen LogP contribution in [0.1, 0.15) is 68.0 Å². The van der Waals surface area contributed by atoms with Crippen molar-refractivity contribution in [3.05, 3.63) is 33.1 Å². The number of aromatic nitrogens is 2. The molecule has 2 aliphatic heterocycles. The van der Waals surface area contributed by atoms with Gasteiger partial charge < -0.3 is 27.9 Å². The van der Waals surface area contributed by atoms with E-state index >= 15 is 0 Å². The van der Waals surface area contributed by atoms with Gasteiger partial charge in [0.15, 0.2) is 6.23 Å². The van der Waals surface area contributed by atoms with Gasteiger partial charge in [-0.3, -0.25) is 14.3 Å². The monoisotopic (exact) mass is 530 g/mol. The van der Waals surface area contributed by atoms with E-state index < -0.39 is 52.4 Å². The molecule has 1 aromatic heterocycles. The zero-order valence-corrected chi connectivity index (χ0v) is 24.1. The van der Waals surface area contributed by atoms with Crippen molar-refractivity contribution in [2.45, 2.75) is 108 Å². The number of aliphatic hydroxyl groups is 2. The number of nitrogens with one attached hydrogen (secondary N) is 1. The molecular weight excluding hydrogens is 488 g/mol. The quantitative estimate of drug-likeness (QED) is 0.458. The van der Waals surface area contributed by atoms with Crippen LogP contribution in [0.25, 0.3) is 0 Å². The number of fused-ring (bicyclic) bond motifs is 1. The number of rotatable bonds is 7. The highest BCUT2D eigenvalue weighted by Gasteiger charge is 2.65. The number of aromatic amines is 1. The van der Waals surface area contributed by atoms with Gasteiger partial charge in [-0.05, 0) is 22.2 Å². The lowest BCUT2D eigenvalue weighted by atomic mass is 9.90. The molecule has 1 aromatic rings. The Hall–Kier alpha value is -1.13. The predicted octanol–water partition coefficient (Wildman–Crippen LogP) is 2.50. The maximum atomic E-state index is 12.7. The molecule has 200 valence electrons. The molecule has 0 aromatic carbocycles. The van der Waals surface area contributed by atoms with Gasteiger partial charge in [-0.25, -0.2) is 4.79 Å². The van der Waals surface area contributed by atoms with Crippen molar-refractivity contribution in [3.8, 4) is 0 Å². The number of ether oxygens (including phenoxy) is 1. The molecule has 12 heteroatoms. The van der Waals surface area contributed by atoms with Crippen LogP contribution in [0.4, 0.5) is 0 Å². The summed E-state index contributed by atoms with van der Waals surface area (Å²) in [5.41, 5.74) is -2.68. The Labute approximate surface area is 209 Å². The van der Waals surface area contributed by atoms with E-state index in [-0.39, 0.29) is 41.8 Å². The minimum atomic E-state index is -3.07. The average Bonchev–Trinajstić information content (AvgIpc) is 2.98. The van der Waals surface area contributed by atoms with Crippen LogP contribution in [0.5, 0.6) is 0 Å². The second-order valence-corrected chi connectivity index (χ2v) is 19.9. The molecule has 2 fully saturated rings. The van der Waals surface area contributed by atoms with Crippen molar-refractivity contribution in [2.24, 2.45) is 0 Å². The molecule has 0 bridgehead atoms. The number of nitrogens with zero attached hydrogens (tertiary/aromatic N) is 1. The smallest absolute Gasteiger partial charge is 0.335 e. The molecule has 3 heterocycles. The van der Waals surface area contributed by atoms with Gasteiger partial charge in [-0.2, -0.15) is 0 Å². The van der Waals surface area contributed by atoms with Crippen LogP contribution < -0.4 is 11.2 Å². The second kappa shape index (κ2) is 10.3. The van der Waals surface area contributed by atoms with E-state index in [9.17, 15) is 19.8 Å². The molecule has 3 rings (SSSR count). The maximum Gasteiger partial charge on any atom is 0.335 e. The summed E-state index contributed by atoms with van der Waals surface area (Å²) in [5, 5.41) is 21.9. The summed E-state index contributed by atoms with van der Waals surface area (Å²) in [6, 6.07) is 1.20. The maximum absolute atomic E-state index is 12.7. The minimum Gasteiger partial charge on any atom is -0.414 e. The predicted molar refractivity (Wildman–Crippen MR) is 136 cm³/mol. The van der Waals surface area contributed by atoms with Crippen LogP contribution in [0.2, 0.25) is 22.2 Å². The van der Waals surface area contributed by atoms with Gasteiger partial charge in [-0.1, -0.05) is 55.4 Å². The van der Waals surface area contributed by atoms with Crippen molar-refractivity contribution in [2.75, 3.05) is 13.2 Å². The molecular formula is C23H42N2O8Si2. The lowest BCUT2D eigenvalue weighted by molar-refractivity contribution is -0.119.